The number of aromatic nitrogens is 1. The molecule has 0 saturated heterocycles. The molecular weight excluding hydrogens is 569 g/mol. The normalized spacial score (nSPS) is 13.4. The summed E-state index contributed by atoms with van der Waals surface area (Å²) in [6, 6.07) is 27.1. The van der Waals surface area contributed by atoms with Crippen LogP contribution < -0.4 is 0 Å². The topological polar surface area (TPSA) is 71.8 Å². The molecule has 1 aliphatic carbocycles. The third-order valence-corrected chi connectivity index (χ3v) is 8.30. The van der Waals surface area contributed by atoms with Gasteiger partial charge in [0.1, 0.15) is 12.6 Å². The van der Waals surface area contributed by atoms with Crippen molar-refractivity contribution in [1.29, 1.82) is 0 Å². The van der Waals surface area contributed by atoms with Gasteiger partial charge >= 0.3 is 18.2 Å². The number of para-hydroxylation sites is 1. The number of carboxylic acid groups (broad SMARTS) is 1. The zero-order chi connectivity index (χ0) is 31.0. The lowest BCUT2D eigenvalue weighted by Gasteiger charge is -2.25. The lowest BCUT2D eigenvalue weighted by Crippen LogP contribution is -2.44. The molecule has 0 unspecified atom stereocenters. The van der Waals surface area contributed by atoms with E-state index in [0.717, 1.165) is 50.2 Å². The lowest BCUT2D eigenvalue weighted by atomic mass is 9.98. The molecule has 44 heavy (non-hydrogen) atoms. The van der Waals surface area contributed by atoms with E-state index < -0.39 is 29.8 Å². The van der Waals surface area contributed by atoms with Gasteiger partial charge in [-0.15, -0.1) is 0 Å². The first-order chi connectivity index (χ1) is 21.1. The second kappa shape index (κ2) is 11.6. The molecule has 1 aromatic heterocycles. The number of aliphatic carboxylic acids is 1. The lowest BCUT2D eigenvalue weighted by molar-refractivity contribution is -0.142. The minimum atomic E-state index is -4.42. The quantitative estimate of drug-likeness (QED) is 0.200. The van der Waals surface area contributed by atoms with Crippen LogP contribution in [-0.2, 0) is 28.7 Å². The summed E-state index contributed by atoms with van der Waals surface area (Å²) in [5.74, 6) is -1.34. The number of likely N-dealkylation sites (N-methyl/N-ethyl adjacent to an activating group) is 1. The predicted octanol–water partition coefficient (Wildman–Crippen LogP) is 7.59. The van der Waals surface area contributed by atoms with Crippen LogP contribution in [-0.4, -0.2) is 46.3 Å². The van der Waals surface area contributed by atoms with Crippen molar-refractivity contribution in [3.63, 3.8) is 0 Å². The average Bonchev–Trinajstić information content (AvgIpc) is 3.53. The number of hydrogen-bond acceptors (Lipinski definition) is 3. The van der Waals surface area contributed by atoms with Crippen LogP contribution in [0.1, 0.15) is 33.7 Å². The molecule has 224 valence electrons. The molecule has 1 amide bonds. The highest BCUT2D eigenvalue weighted by atomic mass is 19.4. The highest BCUT2D eigenvalue weighted by Gasteiger charge is 2.33. The maximum absolute atomic E-state index is 13.2. The third kappa shape index (κ3) is 5.53. The average molecular weight is 599 g/mol. The van der Waals surface area contributed by atoms with Crippen LogP contribution in [0.4, 0.5) is 18.0 Å². The Morgan fingerprint density at radius 3 is 2.09 bits per heavy atom. The molecule has 0 aliphatic heterocycles. The fourth-order valence-corrected chi connectivity index (χ4v) is 6.03. The molecule has 0 fully saturated rings. The minimum absolute atomic E-state index is 0.0105. The Morgan fingerprint density at radius 2 is 1.48 bits per heavy atom. The summed E-state index contributed by atoms with van der Waals surface area (Å²) >= 11 is 0. The van der Waals surface area contributed by atoms with Gasteiger partial charge < -0.3 is 14.4 Å². The van der Waals surface area contributed by atoms with E-state index in [1.54, 1.807) is 6.20 Å². The Balaban J connectivity index is 1.19. The summed E-state index contributed by atoms with van der Waals surface area (Å²) in [7, 11) is 1.42. The van der Waals surface area contributed by atoms with Crippen LogP contribution in [0.2, 0.25) is 0 Å². The molecule has 0 bridgehead atoms. The van der Waals surface area contributed by atoms with E-state index in [2.05, 4.69) is 0 Å². The van der Waals surface area contributed by atoms with Gasteiger partial charge in [0, 0.05) is 43.0 Å². The zero-order valence-electron chi connectivity index (χ0n) is 23.8. The summed E-state index contributed by atoms with van der Waals surface area (Å²) in [6.07, 6.45) is -3.36. The SMILES string of the molecule is CN(C(=O)OCC1c2ccccc2-c2ccccc21)[C@@H](Cc1cn(Cc2ccc(C(F)(F)F)cc2)c2ccccc12)C(=O)O. The molecule has 5 aromatic rings. The van der Waals surface area contributed by atoms with Crippen LogP contribution in [0.25, 0.3) is 22.0 Å². The molecule has 6 nitrogen and oxygen atoms in total. The van der Waals surface area contributed by atoms with E-state index in [0.29, 0.717) is 17.7 Å². The number of ether oxygens (including phenoxy) is 1. The van der Waals surface area contributed by atoms with Gasteiger partial charge in [-0.3, -0.25) is 4.90 Å². The van der Waals surface area contributed by atoms with E-state index in [-0.39, 0.29) is 18.9 Å². The largest absolute Gasteiger partial charge is 0.480 e. The number of alkyl halides is 3. The molecule has 1 heterocycles. The summed E-state index contributed by atoms with van der Waals surface area (Å²) in [6.45, 7) is 0.356. The van der Waals surface area contributed by atoms with Crippen LogP contribution >= 0.6 is 0 Å². The van der Waals surface area contributed by atoms with E-state index in [4.69, 9.17) is 4.74 Å². The van der Waals surface area contributed by atoms with Gasteiger partial charge in [-0.1, -0.05) is 78.9 Å². The van der Waals surface area contributed by atoms with Crippen molar-refractivity contribution in [1.82, 2.24) is 9.47 Å². The van der Waals surface area contributed by atoms with E-state index in [1.807, 2.05) is 77.4 Å². The van der Waals surface area contributed by atoms with Gasteiger partial charge in [0.15, 0.2) is 0 Å². The zero-order valence-corrected chi connectivity index (χ0v) is 23.8. The fraction of sp³-hybridized carbons (Fsp3) is 0.200. The third-order valence-electron chi connectivity index (χ3n) is 8.30. The van der Waals surface area contributed by atoms with E-state index >= 15 is 0 Å². The van der Waals surface area contributed by atoms with Gasteiger partial charge in [-0.25, -0.2) is 9.59 Å². The minimum Gasteiger partial charge on any atom is -0.480 e. The molecule has 0 saturated carbocycles. The standard InChI is InChI=1S/C35H29F3N2O4/c1-39(34(43)44-21-30-28-11-4-2-9-26(28)27-10-3-5-12-29(27)30)32(33(41)42)18-23-20-40(31-13-7-6-8-25(23)31)19-22-14-16-24(17-15-22)35(36,37)38/h2-17,20,30,32H,18-19,21H2,1H3,(H,41,42)/t32-/m0/s1. The first kappa shape index (κ1) is 29.0. The smallest absolute Gasteiger partial charge is 0.416 e. The maximum Gasteiger partial charge on any atom is 0.416 e. The molecule has 0 radical (unpaired) electrons. The Labute approximate surface area is 251 Å². The number of nitrogens with zero attached hydrogens (tertiary/aromatic N) is 2. The number of benzene rings is 4. The molecule has 1 aliphatic rings. The van der Waals surface area contributed by atoms with Gasteiger partial charge in [0.05, 0.1) is 5.56 Å². The van der Waals surface area contributed by atoms with Crippen molar-refractivity contribution in [2.75, 3.05) is 13.7 Å². The Morgan fingerprint density at radius 1 is 0.886 bits per heavy atom. The van der Waals surface area contributed by atoms with E-state index in [9.17, 15) is 27.9 Å². The molecule has 9 heteroatoms. The van der Waals surface area contributed by atoms with E-state index in [1.165, 1.54) is 19.2 Å². The molecule has 4 aromatic carbocycles. The number of hydrogen-bond donors (Lipinski definition) is 1. The van der Waals surface area contributed by atoms with Gasteiger partial charge in [0.2, 0.25) is 0 Å². The fourth-order valence-electron chi connectivity index (χ4n) is 6.03. The van der Waals surface area contributed by atoms with Crippen molar-refractivity contribution in [2.24, 2.45) is 0 Å². The summed E-state index contributed by atoms with van der Waals surface area (Å²) in [5.41, 5.74) is 5.73. The number of amides is 1. The Kier molecular flexibility index (Phi) is 7.63. The van der Waals surface area contributed by atoms with Crippen molar-refractivity contribution in [3.05, 3.63) is 131 Å². The number of carbonyl (C=O) groups is 2. The first-order valence-corrected chi connectivity index (χ1v) is 14.2. The highest BCUT2D eigenvalue weighted by Crippen LogP contribution is 2.44. The van der Waals surface area contributed by atoms with Gasteiger partial charge in [0.25, 0.3) is 0 Å². The summed E-state index contributed by atoms with van der Waals surface area (Å²) < 4.78 is 46.7. The highest BCUT2D eigenvalue weighted by molar-refractivity contribution is 5.86. The molecular formula is C35H29F3N2O4. The van der Waals surface area contributed by atoms with Crippen molar-refractivity contribution in [3.8, 4) is 11.1 Å². The Bertz CT molecular complexity index is 1800. The second-order valence-corrected chi connectivity index (χ2v) is 11.0. The van der Waals surface area contributed by atoms with Crippen LogP contribution in [0.5, 0.6) is 0 Å². The first-order valence-electron chi connectivity index (χ1n) is 14.2. The second-order valence-electron chi connectivity index (χ2n) is 11.0. The number of carboxylic acids is 1. The van der Waals surface area contributed by atoms with Gasteiger partial charge in [-0.2, -0.15) is 13.2 Å². The Hall–Kier alpha value is -5.05. The van der Waals surface area contributed by atoms with Gasteiger partial charge in [-0.05, 0) is 51.6 Å². The predicted molar refractivity (Wildman–Crippen MR) is 160 cm³/mol. The van der Waals surface area contributed by atoms with Crippen LogP contribution in [0.3, 0.4) is 0 Å². The summed E-state index contributed by atoms with van der Waals surface area (Å²) in [5, 5.41) is 10.9. The molecule has 1 N–H and O–H groups in total. The number of rotatable bonds is 8. The van der Waals surface area contributed by atoms with Crippen molar-refractivity contribution >= 4 is 23.0 Å². The van der Waals surface area contributed by atoms with Crippen molar-refractivity contribution < 1.29 is 32.6 Å². The summed E-state index contributed by atoms with van der Waals surface area (Å²) in [4.78, 5) is 26.8. The maximum atomic E-state index is 13.2. The molecule has 6 rings (SSSR count). The number of halogens is 3. The molecule has 0 spiro atoms. The number of fused-ring (bicyclic) bond motifs is 4. The number of carbonyl (C=O) groups excluding carboxylic acids is 1. The monoisotopic (exact) mass is 598 g/mol. The van der Waals surface area contributed by atoms with Crippen LogP contribution in [0, 0.1) is 0 Å². The van der Waals surface area contributed by atoms with Crippen molar-refractivity contribution in [2.45, 2.75) is 31.1 Å². The van der Waals surface area contributed by atoms with Crippen LogP contribution in [0.15, 0.2) is 103 Å². The molecule has 1 atom stereocenters.